The van der Waals surface area contributed by atoms with Crippen LogP contribution in [0.25, 0.3) is 0 Å². The van der Waals surface area contributed by atoms with Gasteiger partial charge in [0.15, 0.2) is 11.5 Å². The highest BCUT2D eigenvalue weighted by atomic mass is 35.5. The van der Waals surface area contributed by atoms with Crippen molar-refractivity contribution in [3.63, 3.8) is 0 Å². The zero-order valence-corrected chi connectivity index (χ0v) is 14.5. The van der Waals surface area contributed by atoms with Gasteiger partial charge in [-0.1, -0.05) is 17.7 Å². The Morgan fingerprint density at radius 1 is 1.25 bits per heavy atom. The molecule has 6 heteroatoms. The Morgan fingerprint density at radius 2 is 2.00 bits per heavy atom. The molecule has 128 valence electrons. The minimum Gasteiger partial charge on any atom is -0.493 e. The van der Waals surface area contributed by atoms with E-state index in [1.807, 2.05) is 26.0 Å². The minimum absolute atomic E-state index is 0.0731. The SMILES string of the molecule is CCOc1ccc(C(C)NC(=O)c2ccc(F)cc2Cl)cc1OC. The number of amides is 1. The van der Waals surface area contributed by atoms with E-state index in [0.717, 1.165) is 11.6 Å². The van der Waals surface area contributed by atoms with Gasteiger partial charge in [0, 0.05) is 0 Å². The standard InChI is InChI=1S/C18H19ClFNO3/c1-4-24-16-8-5-12(9-17(16)23-3)11(2)21-18(22)14-7-6-13(20)10-15(14)19/h5-11H,4H2,1-3H3,(H,21,22). The fraction of sp³-hybridized carbons (Fsp3) is 0.278. The van der Waals surface area contributed by atoms with Gasteiger partial charge in [-0.05, 0) is 49.7 Å². The van der Waals surface area contributed by atoms with E-state index in [1.165, 1.54) is 12.1 Å². The van der Waals surface area contributed by atoms with Gasteiger partial charge in [-0.2, -0.15) is 0 Å². The third kappa shape index (κ3) is 4.17. The Hall–Kier alpha value is -2.27. The fourth-order valence-electron chi connectivity index (χ4n) is 2.26. The van der Waals surface area contributed by atoms with Gasteiger partial charge in [-0.25, -0.2) is 4.39 Å². The van der Waals surface area contributed by atoms with Crippen LogP contribution in [0.15, 0.2) is 36.4 Å². The first-order valence-corrected chi connectivity index (χ1v) is 7.90. The number of carbonyl (C=O) groups is 1. The molecule has 0 saturated carbocycles. The molecule has 1 amide bonds. The van der Waals surface area contributed by atoms with E-state index in [9.17, 15) is 9.18 Å². The van der Waals surface area contributed by atoms with Crippen LogP contribution >= 0.6 is 11.6 Å². The molecule has 1 unspecified atom stereocenters. The van der Waals surface area contributed by atoms with Gasteiger partial charge in [0.1, 0.15) is 5.82 Å². The highest BCUT2D eigenvalue weighted by molar-refractivity contribution is 6.33. The van der Waals surface area contributed by atoms with E-state index in [-0.39, 0.29) is 22.5 Å². The molecule has 2 rings (SSSR count). The lowest BCUT2D eigenvalue weighted by molar-refractivity contribution is 0.0940. The van der Waals surface area contributed by atoms with Crippen LogP contribution in [-0.4, -0.2) is 19.6 Å². The van der Waals surface area contributed by atoms with E-state index in [1.54, 1.807) is 13.2 Å². The number of nitrogens with one attached hydrogen (secondary N) is 1. The molecule has 0 spiro atoms. The van der Waals surface area contributed by atoms with Gasteiger partial charge in [-0.3, -0.25) is 4.79 Å². The largest absolute Gasteiger partial charge is 0.493 e. The quantitative estimate of drug-likeness (QED) is 0.840. The van der Waals surface area contributed by atoms with Crippen molar-refractivity contribution in [2.75, 3.05) is 13.7 Å². The molecule has 0 bridgehead atoms. The van der Waals surface area contributed by atoms with Crippen molar-refractivity contribution >= 4 is 17.5 Å². The molecule has 0 aliphatic carbocycles. The Bertz CT molecular complexity index is 736. The molecular weight excluding hydrogens is 333 g/mol. The van der Waals surface area contributed by atoms with Crippen LogP contribution in [0.2, 0.25) is 5.02 Å². The number of hydrogen-bond acceptors (Lipinski definition) is 3. The number of halogens is 2. The van der Waals surface area contributed by atoms with Gasteiger partial charge in [0.2, 0.25) is 0 Å². The first-order chi connectivity index (χ1) is 11.5. The number of benzene rings is 2. The summed E-state index contributed by atoms with van der Waals surface area (Å²) in [5, 5.41) is 2.91. The summed E-state index contributed by atoms with van der Waals surface area (Å²) in [5.41, 5.74) is 1.07. The first-order valence-electron chi connectivity index (χ1n) is 7.53. The second-order valence-corrected chi connectivity index (χ2v) is 5.57. The average Bonchev–Trinajstić information content (AvgIpc) is 2.55. The molecule has 0 saturated heterocycles. The Morgan fingerprint density at radius 3 is 2.62 bits per heavy atom. The summed E-state index contributed by atoms with van der Waals surface area (Å²) in [6.07, 6.45) is 0. The van der Waals surface area contributed by atoms with Crippen molar-refractivity contribution in [1.29, 1.82) is 0 Å². The maximum absolute atomic E-state index is 13.1. The minimum atomic E-state index is -0.485. The number of carbonyl (C=O) groups excluding carboxylic acids is 1. The molecule has 0 radical (unpaired) electrons. The summed E-state index contributed by atoms with van der Waals surface area (Å²) in [7, 11) is 1.56. The number of hydrogen-bond donors (Lipinski definition) is 1. The van der Waals surface area contributed by atoms with Gasteiger partial charge in [0.05, 0.1) is 30.3 Å². The topological polar surface area (TPSA) is 47.6 Å². The van der Waals surface area contributed by atoms with Crippen LogP contribution in [0.5, 0.6) is 11.5 Å². The highest BCUT2D eigenvalue weighted by Gasteiger charge is 2.16. The highest BCUT2D eigenvalue weighted by Crippen LogP contribution is 2.30. The maximum atomic E-state index is 13.1. The number of rotatable bonds is 6. The van der Waals surface area contributed by atoms with Crippen molar-refractivity contribution in [1.82, 2.24) is 5.32 Å². The molecule has 0 aromatic heterocycles. The van der Waals surface area contributed by atoms with E-state index in [4.69, 9.17) is 21.1 Å². The van der Waals surface area contributed by atoms with Gasteiger partial charge >= 0.3 is 0 Å². The molecule has 0 aliphatic heterocycles. The fourth-order valence-corrected chi connectivity index (χ4v) is 2.51. The molecule has 24 heavy (non-hydrogen) atoms. The predicted octanol–water partition coefficient (Wildman–Crippen LogP) is 4.38. The van der Waals surface area contributed by atoms with Crippen molar-refractivity contribution in [3.8, 4) is 11.5 Å². The monoisotopic (exact) mass is 351 g/mol. The Balaban J connectivity index is 2.16. The molecule has 0 aliphatic rings. The molecule has 1 N–H and O–H groups in total. The summed E-state index contributed by atoms with van der Waals surface area (Å²) in [6, 6.07) is 8.84. The number of methoxy groups -OCH3 is 1. The summed E-state index contributed by atoms with van der Waals surface area (Å²) in [5.74, 6) is 0.375. The third-order valence-electron chi connectivity index (χ3n) is 3.51. The predicted molar refractivity (Wildman–Crippen MR) is 91.5 cm³/mol. The summed E-state index contributed by atoms with van der Waals surface area (Å²) < 4.78 is 23.9. The lowest BCUT2D eigenvalue weighted by Crippen LogP contribution is -2.27. The number of ether oxygens (including phenoxy) is 2. The lowest BCUT2D eigenvalue weighted by Gasteiger charge is -2.17. The molecule has 4 nitrogen and oxygen atoms in total. The summed E-state index contributed by atoms with van der Waals surface area (Å²) in [6.45, 7) is 4.26. The van der Waals surface area contributed by atoms with Crippen LogP contribution in [0.1, 0.15) is 35.8 Å². The van der Waals surface area contributed by atoms with Crippen LogP contribution in [0.4, 0.5) is 4.39 Å². The molecule has 1 atom stereocenters. The van der Waals surface area contributed by atoms with Gasteiger partial charge < -0.3 is 14.8 Å². The smallest absolute Gasteiger partial charge is 0.253 e. The lowest BCUT2D eigenvalue weighted by atomic mass is 10.1. The van der Waals surface area contributed by atoms with Gasteiger partial charge in [0.25, 0.3) is 5.91 Å². The molecule has 2 aromatic carbocycles. The van der Waals surface area contributed by atoms with Crippen molar-refractivity contribution in [3.05, 3.63) is 58.4 Å². The van der Waals surface area contributed by atoms with Crippen LogP contribution < -0.4 is 14.8 Å². The average molecular weight is 352 g/mol. The van der Waals surface area contributed by atoms with Crippen molar-refractivity contribution in [2.24, 2.45) is 0 Å². The molecule has 0 heterocycles. The van der Waals surface area contributed by atoms with E-state index < -0.39 is 5.82 Å². The maximum Gasteiger partial charge on any atom is 0.253 e. The van der Waals surface area contributed by atoms with E-state index in [2.05, 4.69) is 5.32 Å². The normalized spacial score (nSPS) is 11.7. The first kappa shape index (κ1) is 18.1. The van der Waals surface area contributed by atoms with E-state index in [0.29, 0.717) is 18.1 Å². The molecule has 0 fully saturated rings. The molecule has 2 aromatic rings. The Kier molecular flexibility index (Phi) is 6.04. The Labute approximate surface area is 145 Å². The third-order valence-corrected chi connectivity index (χ3v) is 3.82. The van der Waals surface area contributed by atoms with E-state index >= 15 is 0 Å². The van der Waals surface area contributed by atoms with Crippen LogP contribution in [-0.2, 0) is 0 Å². The van der Waals surface area contributed by atoms with Crippen LogP contribution in [0.3, 0.4) is 0 Å². The summed E-state index contributed by atoms with van der Waals surface area (Å²) in [4.78, 5) is 12.3. The zero-order valence-electron chi connectivity index (χ0n) is 13.7. The van der Waals surface area contributed by atoms with Crippen molar-refractivity contribution in [2.45, 2.75) is 19.9 Å². The second kappa shape index (κ2) is 8.02. The zero-order chi connectivity index (χ0) is 17.7. The van der Waals surface area contributed by atoms with Crippen molar-refractivity contribution < 1.29 is 18.7 Å². The summed E-state index contributed by atoms with van der Waals surface area (Å²) >= 11 is 5.92. The molecular formula is C18H19ClFNO3. The van der Waals surface area contributed by atoms with Crippen LogP contribution in [0, 0.1) is 5.82 Å². The van der Waals surface area contributed by atoms with Gasteiger partial charge in [-0.15, -0.1) is 0 Å². The second-order valence-electron chi connectivity index (χ2n) is 5.16.